The summed E-state index contributed by atoms with van der Waals surface area (Å²) in [5.41, 5.74) is 0. The molecular weight excluding hydrogens is 499 g/mol. The number of rotatable bonds is 8. The van der Waals surface area contributed by atoms with Gasteiger partial charge in [-0.05, 0) is 63.1 Å². The van der Waals surface area contributed by atoms with Gasteiger partial charge in [0.25, 0.3) is 0 Å². The van der Waals surface area contributed by atoms with E-state index in [1.165, 1.54) is 24.3 Å². The molecule has 29 heavy (non-hydrogen) atoms. The Labute approximate surface area is 196 Å². The SMILES string of the molecule is CN=C(NCCCOC1CCOCC1)NCC1CCCN(C)C1c1cccs1.I. The third kappa shape index (κ3) is 7.97. The van der Waals surface area contributed by atoms with Crippen molar-refractivity contribution in [3.05, 3.63) is 22.4 Å². The maximum atomic E-state index is 5.94. The molecule has 0 aromatic carbocycles. The van der Waals surface area contributed by atoms with Crippen molar-refractivity contribution < 1.29 is 9.47 Å². The largest absolute Gasteiger partial charge is 0.381 e. The number of likely N-dealkylation sites (tertiary alicyclic amines) is 1. The van der Waals surface area contributed by atoms with Crippen LogP contribution in [0.5, 0.6) is 0 Å². The highest BCUT2D eigenvalue weighted by Crippen LogP contribution is 2.36. The minimum atomic E-state index is 0. The van der Waals surface area contributed by atoms with Gasteiger partial charge in [-0.15, -0.1) is 35.3 Å². The second-order valence-electron chi connectivity index (χ2n) is 7.76. The summed E-state index contributed by atoms with van der Waals surface area (Å²) >= 11 is 1.87. The van der Waals surface area contributed by atoms with E-state index in [4.69, 9.17) is 9.47 Å². The Morgan fingerprint density at radius 2 is 2.14 bits per heavy atom. The number of halogens is 1. The van der Waals surface area contributed by atoms with E-state index in [1.54, 1.807) is 0 Å². The maximum Gasteiger partial charge on any atom is 0.190 e. The third-order valence-electron chi connectivity index (χ3n) is 5.73. The molecule has 2 atom stereocenters. The molecule has 2 unspecified atom stereocenters. The van der Waals surface area contributed by atoms with Crippen LogP contribution in [0.1, 0.15) is 43.0 Å². The summed E-state index contributed by atoms with van der Waals surface area (Å²) in [5.74, 6) is 1.50. The number of nitrogens with one attached hydrogen (secondary N) is 2. The van der Waals surface area contributed by atoms with E-state index in [-0.39, 0.29) is 24.0 Å². The molecule has 1 aromatic heterocycles. The van der Waals surface area contributed by atoms with Gasteiger partial charge >= 0.3 is 0 Å². The third-order valence-corrected chi connectivity index (χ3v) is 6.68. The average molecular weight is 537 g/mol. The van der Waals surface area contributed by atoms with Gasteiger partial charge < -0.3 is 20.1 Å². The molecule has 2 fully saturated rings. The van der Waals surface area contributed by atoms with Crippen LogP contribution >= 0.6 is 35.3 Å². The standard InChI is InChI=1S/C21H36N4O2S.HI/c1-22-21(23-10-5-12-27-18-8-13-26-14-9-18)24-16-17-6-3-11-25(2)20(17)19-7-4-15-28-19;/h4,7,15,17-18,20H,3,5-6,8-14,16H2,1-2H3,(H2,22,23,24);1H. The molecule has 0 bridgehead atoms. The molecule has 8 heteroatoms. The van der Waals surface area contributed by atoms with Gasteiger partial charge in [0.1, 0.15) is 0 Å². The van der Waals surface area contributed by atoms with Crippen LogP contribution < -0.4 is 10.6 Å². The Bertz CT molecular complexity index is 581. The van der Waals surface area contributed by atoms with Crippen molar-refractivity contribution >= 4 is 41.3 Å². The van der Waals surface area contributed by atoms with Crippen molar-refractivity contribution in [2.45, 2.75) is 44.2 Å². The first kappa shape index (κ1) is 24.8. The van der Waals surface area contributed by atoms with Gasteiger partial charge in [0, 0.05) is 50.9 Å². The highest BCUT2D eigenvalue weighted by atomic mass is 127. The second kappa shape index (κ2) is 13.8. The molecule has 2 aliphatic heterocycles. The number of ether oxygens (including phenoxy) is 2. The molecule has 0 radical (unpaired) electrons. The summed E-state index contributed by atoms with van der Waals surface area (Å²) in [6.07, 6.45) is 5.94. The zero-order chi connectivity index (χ0) is 19.6. The van der Waals surface area contributed by atoms with Crippen LogP contribution in [-0.2, 0) is 9.47 Å². The van der Waals surface area contributed by atoms with E-state index in [0.29, 0.717) is 18.1 Å². The Morgan fingerprint density at radius 3 is 2.86 bits per heavy atom. The molecular formula is C21H37IN4O2S. The molecule has 0 spiro atoms. The van der Waals surface area contributed by atoms with Crippen molar-refractivity contribution in [1.82, 2.24) is 15.5 Å². The molecule has 0 saturated carbocycles. The fourth-order valence-electron chi connectivity index (χ4n) is 4.20. The van der Waals surface area contributed by atoms with Crippen LogP contribution in [0.25, 0.3) is 0 Å². The van der Waals surface area contributed by atoms with Crippen LogP contribution in [0.4, 0.5) is 0 Å². The van der Waals surface area contributed by atoms with E-state index in [2.05, 4.69) is 45.1 Å². The molecule has 3 rings (SSSR count). The summed E-state index contributed by atoms with van der Waals surface area (Å²) < 4.78 is 11.3. The molecule has 2 N–H and O–H groups in total. The molecule has 6 nitrogen and oxygen atoms in total. The highest BCUT2D eigenvalue weighted by molar-refractivity contribution is 14.0. The first-order chi connectivity index (χ1) is 13.8. The van der Waals surface area contributed by atoms with Gasteiger partial charge in [0.2, 0.25) is 0 Å². The minimum absolute atomic E-state index is 0. The molecule has 1 aromatic rings. The number of hydrogen-bond acceptors (Lipinski definition) is 5. The molecule has 0 aliphatic carbocycles. The Kier molecular flexibility index (Phi) is 11.8. The smallest absolute Gasteiger partial charge is 0.190 e. The summed E-state index contributed by atoms with van der Waals surface area (Å²) in [6.45, 7) is 5.47. The van der Waals surface area contributed by atoms with E-state index in [0.717, 1.165) is 58.1 Å². The minimum Gasteiger partial charge on any atom is -0.381 e. The van der Waals surface area contributed by atoms with Crippen LogP contribution in [-0.4, -0.2) is 70.5 Å². The molecule has 0 amide bonds. The van der Waals surface area contributed by atoms with Crippen molar-refractivity contribution in [3.63, 3.8) is 0 Å². The normalized spacial score (nSPS) is 24.1. The molecule has 2 saturated heterocycles. The number of nitrogens with zero attached hydrogens (tertiary/aromatic N) is 2. The van der Waals surface area contributed by atoms with Crippen molar-refractivity contribution in [3.8, 4) is 0 Å². The summed E-state index contributed by atoms with van der Waals surface area (Å²) in [5, 5.41) is 9.17. The van der Waals surface area contributed by atoms with Crippen molar-refractivity contribution in [2.24, 2.45) is 10.9 Å². The van der Waals surface area contributed by atoms with Crippen molar-refractivity contribution in [1.29, 1.82) is 0 Å². The molecule has 2 aliphatic rings. The van der Waals surface area contributed by atoms with Crippen molar-refractivity contribution in [2.75, 3.05) is 53.6 Å². The summed E-state index contributed by atoms with van der Waals surface area (Å²) in [6, 6.07) is 4.94. The maximum absolute atomic E-state index is 5.94. The molecule has 166 valence electrons. The van der Waals surface area contributed by atoms with E-state index >= 15 is 0 Å². The summed E-state index contributed by atoms with van der Waals surface area (Å²) in [7, 11) is 4.10. The van der Waals surface area contributed by atoms with E-state index in [9.17, 15) is 0 Å². The second-order valence-corrected chi connectivity index (χ2v) is 8.74. The Balaban J connectivity index is 0.00000300. The van der Waals surface area contributed by atoms with Gasteiger partial charge in [-0.1, -0.05) is 6.07 Å². The lowest BCUT2D eigenvalue weighted by Gasteiger charge is -2.39. The van der Waals surface area contributed by atoms with Crippen LogP contribution in [0.3, 0.4) is 0 Å². The van der Waals surface area contributed by atoms with Gasteiger partial charge in [-0.25, -0.2) is 0 Å². The number of thiophene rings is 1. The Morgan fingerprint density at radius 1 is 1.31 bits per heavy atom. The lowest BCUT2D eigenvalue weighted by atomic mass is 9.88. The molecule has 3 heterocycles. The number of aliphatic imine (C=N–C) groups is 1. The predicted molar refractivity (Wildman–Crippen MR) is 132 cm³/mol. The van der Waals surface area contributed by atoms with Gasteiger partial charge in [0.05, 0.1) is 6.10 Å². The summed E-state index contributed by atoms with van der Waals surface area (Å²) in [4.78, 5) is 8.37. The van der Waals surface area contributed by atoms with Gasteiger partial charge in [-0.2, -0.15) is 0 Å². The predicted octanol–water partition coefficient (Wildman–Crippen LogP) is 3.50. The first-order valence-electron chi connectivity index (χ1n) is 10.7. The number of hydrogen-bond donors (Lipinski definition) is 2. The average Bonchev–Trinajstić information content (AvgIpc) is 3.25. The highest BCUT2D eigenvalue weighted by Gasteiger charge is 2.31. The fraction of sp³-hybridized carbons (Fsp3) is 0.762. The van der Waals surface area contributed by atoms with Crippen LogP contribution in [0.2, 0.25) is 0 Å². The van der Waals surface area contributed by atoms with E-state index in [1.807, 2.05) is 18.4 Å². The Hall–Kier alpha value is -0.420. The zero-order valence-electron chi connectivity index (χ0n) is 17.8. The lowest BCUT2D eigenvalue weighted by Crippen LogP contribution is -2.45. The fourth-order valence-corrected chi connectivity index (χ4v) is 5.19. The van der Waals surface area contributed by atoms with Gasteiger partial charge in [-0.3, -0.25) is 9.89 Å². The quantitative estimate of drug-likeness (QED) is 0.231. The van der Waals surface area contributed by atoms with E-state index < -0.39 is 0 Å². The van der Waals surface area contributed by atoms with Crippen LogP contribution in [0.15, 0.2) is 22.5 Å². The number of guanidine groups is 1. The van der Waals surface area contributed by atoms with Crippen LogP contribution in [0, 0.1) is 5.92 Å². The number of piperidine rings is 1. The van der Waals surface area contributed by atoms with Gasteiger partial charge in [0.15, 0.2) is 5.96 Å². The topological polar surface area (TPSA) is 58.1 Å². The first-order valence-corrected chi connectivity index (χ1v) is 11.5. The zero-order valence-corrected chi connectivity index (χ0v) is 20.9. The lowest BCUT2D eigenvalue weighted by molar-refractivity contribution is -0.0320. The monoisotopic (exact) mass is 536 g/mol.